The molecule has 2 rings (SSSR count). The molecule has 1 N–H and O–H groups in total. The Morgan fingerprint density at radius 1 is 1.50 bits per heavy atom. The van der Waals surface area contributed by atoms with Crippen LogP contribution in [-0.2, 0) is 20.0 Å². The van der Waals surface area contributed by atoms with Crippen molar-refractivity contribution < 1.29 is 4.92 Å². The van der Waals surface area contributed by atoms with Crippen LogP contribution < -0.4 is 5.32 Å². The van der Waals surface area contributed by atoms with Gasteiger partial charge in [0.2, 0.25) is 0 Å². The molecule has 0 bridgehead atoms. The van der Waals surface area contributed by atoms with E-state index in [4.69, 9.17) is 0 Å². The normalized spacial score (nSPS) is 10.6. The lowest BCUT2D eigenvalue weighted by Crippen LogP contribution is -2.01. The number of nitrogens with zero attached hydrogens (tertiary/aromatic N) is 3. The highest BCUT2D eigenvalue weighted by Crippen LogP contribution is 2.26. The molecule has 0 fully saturated rings. The molecule has 20 heavy (non-hydrogen) atoms. The summed E-state index contributed by atoms with van der Waals surface area (Å²) in [6.07, 6.45) is 2.75. The summed E-state index contributed by atoms with van der Waals surface area (Å²) in [7, 11) is 1.87. The molecular formula is C13H15BrN4O2. The lowest BCUT2D eigenvalue weighted by molar-refractivity contribution is -0.385. The zero-order valence-corrected chi connectivity index (χ0v) is 12.8. The molecule has 7 heteroatoms. The molecule has 0 unspecified atom stereocenters. The molecule has 0 atom stereocenters. The number of aryl methyl sites for hydroxylation is 2. The Balaban J connectivity index is 2.14. The van der Waals surface area contributed by atoms with E-state index in [0.29, 0.717) is 11.0 Å². The lowest BCUT2D eigenvalue weighted by Gasteiger charge is -2.06. The first kappa shape index (κ1) is 14.5. The zero-order valence-electron chi connectivity index (χ0n) is 11.3. The van der Waals surface area contributed by atoms with E-state index in [1.54, 1.807) is 16.8 Å². The smallest absolute Gasteiger partial charge is 0.283 e. The van der Waals surface area contributed by atoms with Crippen molar-refractivity contribution in [1.82, 2.24) is 9.78 Å². The van der Waals surface area contributed by atoms with E-state index in [9.17, 15) is 10.1 Å². The van der Waals surface area contributed by atoms with Crippen molar-refractivity contribution in [3.63, 3.8) is 0 Å². The number of nitro groups is 1. The number of anilines is 1. The van der Waals surface area contributed by atoms with Gasteiger partial charge in [0.25, 0.3) is 5.69 Å². The van der Waals surface area contributed by atoms with Crippen LogP contribution in [0.5, 0.6) is 0 Å². The summed E-state index contributed by atoms with van der Waals surface area (Å²) in [5.41, 5.74) is 2.87. The number of halogens is 1. The zero-order chi connectivity index (χ0) is 14.7. The summed E-state index contributed by atoms with van der Waals surface area (Å²) in [6, 6.07) is 5.12. The predicted molar refractivity (Wildman–Crippen MR) is 80.7 cm³/mol. The summed E-state index contributed by atoms with van der Waals surface area (Å²) in [4.78, 5) is 10.5. The van der Waals surface area contributed by atoms with Gasteiger partial charge in [0, 0.05) is 25.9 Å². The Hall–Kier alpha value is -1.89. The molecule has 106 valence electrons. The number of hydrogen-bond donors (Lipinski definition) is 1. The standard InChI is InChI=1S/C13H15BrN4O2/c1-3-11-12(8-17(2)16-11)15-7-9-4-5-10(14)13(6-9)18(19)20/h4-6,8,15H,3,7H2,1-2H3. The third-order valence-corrected chi connectivity index (χ3v) is 3.60. The highest BCUT2D eigenvalue weighted by Gasteiger charge is 2.12. The molecule has 1 aromatic carbocycles. The average molecular weight is 339 g/mol. The van der Waals surface area contributed by atoms with Gasteiger partial charge in [-0.3, -0.25) is 14.8 Å². The van der Waals surface area contributed by atoms with Crippen molar-refractivity contribution in [3.8, 4) is 0 Å². The SMILES string of the molecule is CCc1nn(C)cc1NCc1ccc(Br)c([N+](=O)[O-])c1. The highest BCUT2D eigenvalue weighted by atomic mass is 79.9. The van der Waals surface area contributed by atoms with Crippen molar-refractivity contribution in [3.05, 3.63) is 50.2 Å². The van der Waals surface area contributed by atoms with E-state index in [-0.39, 0.29) is 5.69 Å². The monoisotopic (exact) mass is 338 g/mol. The van der Waals surface area contributed by atoms with Gasteiger partial charge >= 0.3 is 0 Å². The van der Waals surface area contributed by atoms with E-state index in [2.05, 4.69) is 26.3 Å². The third kappa shape index (κ3) is 3.16. The third-order valence-electron chi connectivity index (χ3n) is 2.93. The van der Waals surface area contributed by atoms with Crippen molar-refractivity contribution in [2.75, 3.05) is 5.32 Å². The van der Waals surface area contributed by atoms with Gasteiger partial charge in [-0.2, -0.15) is 5.10 Å². The van der Waals surface area contributed by atoms with Crippen LogP contribution in [0.1, 0.15) is 18.2 Å². The van der Waals surface area contributed by atoms with E-state index >= 15 is 0 Å². The van der Waals surface area contributed by atoms with Gasteiger partial charge in [-0.15, -0.1) is 0 Å². The summed E-state index contributed by atoms with van der Waals surface area (Å²) < 4.78 is 2.24. The van der Waals surface area contributed by atoms with E-state index < -0.39 is 4.92 Å². The molecule has 2 aromatic rings. The lowest BCUT2D eigenvalue weighted by atomic mass is 10.2. The number of rotatable bonds is 5. The minimum Gasteiger partial charge on any atom is -0.378 e. The molecule has 1 heterocycles. The second-order valence-corrected chi connectivity index (χ2v) is 5.27. The van der Waals surface area contributed by atoms with Crippen LogP contribution >= 0.6 is 15.9 Å². The molecule has 0 aliphatic rings. The summed E-state index contributed by atoms with van der Waals surface area (Å²) in [6.45, 7) is 2.56. The molecule has 6 nitrogen and oxygen atoms in total. The number of aromatic nitrogens is 2. The van der Waals surface area contributed by atoms with Gasteiger partial charge in [0.05, 0.1) is 20.8 Å². The number of benzene rings is 1. The van der Waals surface area contributed by atoms with Gasteiger partial charge in [0.15, 0.2) is 0 Å². The Morgan fingerprint density at radius 3 is 2.90 bits per heavy atom. The molecule has 0 aliphatic carbocycles. The van der Waals surface area contributed by atoms with Gasteiger partial charge in [-0.1, -0.05) is 13.0 Å². The molecule has 0 spiro atoms. The first-order chi connectivity index (χ1) is 9.51. The van der Waals surface area contributed by atoms with Gasteiger partial charge in [-0.25, -0.2) is 0 Å². The van der Waals surface area contributed by atoms with E-state index in [0.717, 1.165) is 23.4 Å². The molecule has 0 radical (unpaired) electrons. The molecule has 1 aromatic heterocycles. The average Bonchev–Trinajstić information content (AvgIpc) is 2.77. The topological polar surface area (TPSA) is 73.0 Å². The maximum Gasteiger partial charge on any atom is 0.283 e. The number of nitrogens with one attached hydrogen (secondary N) is 1. The van der Waals surface area contributed by atoms with Gasteiger partial charge in [0.1, 0.15) is 0 Å². The van der Waals surface area contributed by atoms with Gasteiger partial charge < -0.3 is 5.32 Å². The van der Waals surface area contributed by atoms with Crippen LogP contribution in [0, 0.1) is 10.1 Å². The fourth-order valence-corrected chi connectivity index (χ4v) is 2.34. The Labute approximate surface area is 125 Å². The first-order valence-electron chi connectivity index (χ1n) is 6.20. The summed E-state index contributed by atoms with van der Waals surface area (Å²) in [5, 5.41) is 18.5. The van der Waals surface area contributed by atoms with E-state index in [1.165, 1.54) is 0 Å². The Kier molecular flexibility index (Phi) is 4.39. The quantitative estimate of drug-likeness (QED) is 0.670. The molecular weight excluding hydrogens is 324 g/mol. The molecule has 0 amide bonds. The van der Waals surface area contributed by atoms with Crippen LogP contribution in [0.15, 0.2) is 28.9 Å². The van der Waals surface area contributed by atoms with Crippen molar-refractivity contribution >= 4 is 27.3 Å². The first-order valence-corrected chi connectivity index (χ1v) is 6.99. The fraction of sp³-hybridized carbons (Fsp3) is 0.308. The van der Waals surface area contributed by atoms with Crippen LogP contribution in [0.4, 0.5) is 11.4 Å². The highest BCUT2D eigenvalue weighted by molar-refractivity contribution is 9.10. The maximum absolute atomic E-state index is 10.9. The second kappa shape index (κ2) is 6.04. The minimum atomic E-state index is -0.394. The van der Waals surface area contributed by atoms with Crippen LogP contribution in [0.2, 0.25) is 0 Å². The predicted octanol–water partition coefficient (Wildman–Crippen LogP) is 3.27. The maximum atomic E-state index is 10.9. The second-order valence-electron chi connectivity index (χ2n) is 4.41. The van der Waals surface area contributed by atoms with Gasteiger partial charge in [-0.05, 0) is 34.0 Å². The largest absolute Gasteiger partial charge is 0.378 e. The van der Waals surface area contributed by atoms with Crippen LogP contribution in [0.25, 0.3) is 0 Å². The Bertz CT molecular complexity index is 639. The fourth-order valence-electron chi connectivity index (χ4n) is 1.95. The van der Waals surface area contributed by atoms with Crippen LogP contribution in [-0.4, -0.2) is 14.7 Å². The molecule has 0 saturated carbocycles. The molecule has 0 aliphatic heterocycles. The number of nitro benzene ring substituents is 1. The van der Waals surface area contributed by atoms with E-state index in [1.807, 2.05) is 26.2 Å². The number of hydrogen-bond acceptors (Lipinski definition) is 4. The molecule has 0 saturated heterocycles. The summed E-state index contributed by atoms with van der Waals surface area (Å²) in [5.74, 6) is 0. The van der Waals surface area contributed by atoms with Crippen molar-refractivity contribution in [1.29, 1.82) is 0 Å². The Morgan fingerprint density at radius 2 is 2.25 bits per heavy atom. The van der Waals surface area contributed by atoms with Crippen molar-refractivity contribution in [2.45, 2.75) is 19.9 Å². The summed E-state index contributed by atoms with van der Waals surface area (Å²) >= 11 is 3.18. The van der Waals surface area contributed by atoms with Crippen molar-refractivity contribution in [2.24, 2.45) is 7.05 Å². The van der Waals surface area contributed by atoms with Crippen LogP contribution in [0.3, 0.4) is 0 Å². The minimum absolute atomic E-state index is 0.0752.